The molecule has 9 heteroatoms. The van der Waals surface area contributed by atoms with E-state index in [-0.39, 0.29) is 0 Å². The number of nitrogens with zero attached hydrogens (tertiary/aromatic N) is 3. The fraction of sp³-hybridized carbons (Fsp3) is 0.250. The van der Waals surface area contributed by atoms with Gasteiger partial charge in [-0.3, -0.25) is 14.9 Å². The van der Waals surface area contributed by atoms with E-state index in [1.165, 1.54) is 4.90 Å². The summed E-state index contributed by atoms with van der Waals surface area (Å²) in [5.41, 5.74) is -0.309. The summed E-state index contributed by atoms with van der Waals surface area (Å²) >= 11 is 0. The minimum atomic E-state index is -1.20. The van der Waals surface area contributed by atoms with Crippen LogP contribution in [0.2, 0.25) is 0 Å². The van der Waals surface area contributed by atoms with Crippen molar-refractivity contribution >= 4 is 29.4 Å². The molecule has 4 amide bonds. The summed E-state index contributed by atoms with van der Waals surface area (Å²) in [5.74, 6) is -1.20. The van der Waals surface area contributed by atoms with Gasteiger partial charge >= 0.3 is 18.0 Å². The van der Waals surface area contributed by atoms with Crippen LogP contribution in [0, 0.1) is 0 Å². The summed E-state index contributed by atoms with van der Waals surface area (Å²) in [6.45, 7) is 2.63. The molecule has 0 aromatic heterocycles. The molecule has 0 radical (unpaired) electrons. The SMILES string of the molecule is CC1(C)C(N(O)C(=O)Nc2ccccc2)N(c2ccccc2)C(=O)N1CC(=O)O. The Labute approximate surface area is 167 Å². The Bertz CT molecular complexity index is 904. The van der Waals surface area contributed by atoms with E-state index in [2.05, 4.69) is 5.32 Å². The van der Waals surface area contributed by atoms with Gasteiger partial charge in [-0.1, -0.05) is 36.4 Å². The van der Waals surface area contributed by atoms with E-state index in [9.17, 15) is 24.7 Å². The number of urea groups is 2. The summed E-state index contributed by atoms with van der Waals surface area (Å²) in [6, 6.07) is 15.5. The molecule has 2 aromatic rings. The van der Waals surface area contributed by atoms with Crippen LogP contribution in [0.25, 0.3) is 0 Å². The maximum absolute atomic E-state index is 13.1. The normalized spacial score (nSPS) is 17.9. The van der Waals surface area contributed by atoms with Crippen LogP contribution in [0.15, 0.2) is 60.7 Å². The summed E-state index contributed by atoms with van der Waals surface area (Å²) in [6.07, 6.45) is -1.17. The summed E-state index contributed by atoms with van der Waals surface area (Å²) < 4.78 is 0. The largest absolute Gasteiger partial charge is 0.480 e. The van der Waals surface area contributed by atoms with Crippen LogP contribution in [0.1, 0.15) is 13.8 Å². The number of nitrogens with one attached hydrogen (secondary N) is 1. The first-order valence-corrected chi connectivity index (χ1v) is 8.95. The van der Waals surface area contributed by atoms with Crippen molar-refractivity contribution in [1.29, 1.82) is 0 Å². The van der Waals surface area contributed by atoms with Gasteiger partial charge in [-0.15, -0.1) is 0 Å². The summed E-state index contributed by atoms with van der Waals surface area (Å²) in [5, 5.41) is 23.0. The van der Waals surface area contributed by atoms with Gasteiger partial charge < -0.3 is 15.3 Å². The molecular weight excluding hydrogens is 376 g/mol. The lowest BCUT2D eigenvalue weighted by molar-refractivity contribution is -0.140. The van der Waals surface area contributed by atoms with E-state index in [0.717, 1.165) is 4.90 Å². The highest BCUT2D eigenvalue weighted by atomic mass is 16.5. The molecule has 1 heterocycles. The number of hydroxylamine groups is 2. The minimum absolute atomic E-state index is 0.426. The van der Waals surface area contributed by atoms with Gasteiger partial charge in [-0.25, -0.2) is 9.59 Å². The van der Waals surface area contributed by atoms with Gasteiger partial charge in [-0.2, -0.15) is 5.06 Å². The zero-order valence-corrected chi connectivity index (χ0v) is 16.0. The monoisotopic (exact) mass is 398 g/mol. The number of carbonyl (C=O) groups excluding carboxylic acids is 2. The van der Waals surface area contributed by atoms with Crippen molar-refractivity contribution in [3.8, 4) is 0 Å². The topological polar surface area (TPSA) is 113 Å². The smallest absolute Gasteiger partial charge is 0.347 e. The van der Waals surface area contributed by atoms with Crippen LogP contribution in [0.4, 0.5) is 21.0 Å². The van der Waals surface area contributed by atoms with Crippen molar-refractivity contribution < 1.29 is 24.7 Å². The molecular formula is C20H22N4O5. The maximum atomic E-state index is 13.1. The van der Waals surface area contributed by atoms with Crippen molar-refractivity contribution in [2.75, 3.05) is 16.8 Å². The van der Waals surface area contributed by atoms with Crippen LogP contribution in [0.5, 0.6) is 0 Å². The fourth-order valence-electron chi connectivity index (χ4n) is 3.41. The quantitative estimate of drug-likeness (QED) is 0.529. The third kappa shape index (κ3) is 3.85. The number of anilines is 2. The molecule has 1 aliphatic heterocycles. The van der Waals surface area contributed by atoms with Crippen LogP contribution < -0.4 is 10.2 Å². The lowest BCUT2D eigenvalue weighted by Gasteiger charge is -2.38. The molecule has 3 N–H and O–H groups in total. The van der Waals surface area contributed by atoms with Gasteiger partial charge in [0.25, 0.3) is 0 Å². The number of rotatable bonds is 5. The molecule has 3 rings (SSSR count). The van der Waals surface area contributed by atoms with Gasteiger partial charge in [0, 0.05) is 11.4 Å². The number of aliphatic carboxylic acids is 1. The Morgan fingerprint density at radius 2 is 1.62 bits per heavy atom. The number of para-hydroxylation sites is 2. The number of benzene rings is 2. The van der Waals surface area contributed by atoms with Crippen LogP contribution >= 0.6 is 0 Å². The van der Waals surface area contributed by atoms with Crippen LogP contribution in [0.3, 0.4) is 0 Å². The van der Waals surface area contributed by atoms with Crippen molar-refractivity contribution in [3.63, 3.8) is 0 Å². The average Bonchev–Trinajstić information content (AvgIpc) is 2.88. The first-order chi connectivity index (χ1) is 13.7. The van der Waals surface area contributed by atoms with E-state index < -0.39 is 36.3 Å². The molecule has 1 atom stereocenters. The Balaban J connectivity index is 1.98. The maximum Gasteiger partial charge on any atom is 0.347 e. The van der Waals surface area contributed by atoms with E-state index in [4.69, 9.17) is 0 Å². The van der Waals surface area contributed by atoms with E-state index in [0.29, 0.717) is 16.4 Å². The van der Waals surface area contributed by atoms with Crippen molar-refractivity contribution in [3.05, 3.63) is 60.7 Å². The first kappa shape index (κ1) is 20.2. The van der Waals surface area contributed by atoms with Gasteiger partial charge in [0.2, 0.25) is 0 Å². The Hall–Kier alpha value is -3.59. The number of carboxylic acid groups (broad SMARTS) is 1. The predicted octanol–water partition coefficient (Wildman–Crippen LogP) is 3.04. The zero-order valence-electron chi connectivity index (χ0n) is 16.0. The molecule has 0 bridgehead atoms. The summed E-state index contributed by atoms with van der Waals surface area (Å²) in [4.78, 5) is 39.4. The molecule has 1 saturated heterocycles. The average molecular weight is 398 g/mol. The second-order valence-corrected chi connectivity index (χ2v) is 7.14. The second kappa shape index (κ2) is 7.80. The van der Waals surface area contributed by atoms with Crippen molar-refractivity contribution in [2.24, 2.45) is 0 Å². The molecule has 0 aliphatic carbocycles. The molecule has 9 nitrogen and oxygen atoms in total. The van der Waals surface area contributed by atoms with Gasteiger partial charge in [0.05, 0.1) is 5.54 Å². The minimum Gasteiger partial charge on any atom is -0.480 e. The van der Waals surface area contributed by atoms with Crippen LogP contribution in [-0.4, -0.2) is 56.6 Å². The highest BCUT2D eigenvalue weighted by Crippen LogP contribution is 2.37. The lowest BCUT2D eigenvalue weighted by atomic mass is 10.00. The Morgan fingerprint density at radius 1 is 1.07 bits per heavy atom. The Kier molecular flexibility index (Phi) is 5.42. The molecule has 0 saturated carbocycles. The predicted molar refractivity (Wildman–Crippen MR) is 106 cm³/mol. The first-order valence-electron chi connectivity index (χ1n) is 8.95. The molecule has 2 aromatic carbocycles. The van der Waals surface area contributed by atoms with Crippen molar-refractivity contribution in [1.82, 2.24) is 9.96 Å². The van der Waals surface area contributed by atoms with Crippen LogP contribution in [-0.2, 0) is 4.79 Å². The third-order valence-electron chi connectivity index (χ3n) is 4.80. The molecule has 152 valence electrons. The number of hydrogen-bond acceptors (Lipinski definition) is 4. The molecule has 1 aliphatic rings. The highest BCUT2D eigenvalue weighted by Gasteiger charge is 2.56. The number of amides is 4. The number of hydrogen-bond donors (Lipinski definition) is 3. The van der Waals surface area contributed by atoms with Gasteiger partial charge in [-0.05, 0) is 38.1 Å². The molecule has 1 fully saturated rings. The highest BCUT2D eigenvalue weighted by molar-refractivity contribution is 5.99. The standard InChI is InChI=1S/C20H22N4O5/c1-20(2)17(24(29)18(27)21-14-9-5-3-6-10-14)23(15-11-7-4-8-12-15)19(28)22(20)13-16(25)26/h3-12,17,29H,13H2,1-2H3,(H,21,27)(H,25,26). The fourth-order valence-corrected chi connectivity index (χ4v) is 3.41. The second-order valence-electron chi connectivity index (χ2n) is 7.14. The number of carbonyl (C=O) groups is 3. The van der Waals surface area contributed by atoms with Gasteiger partial charge in [0.15, 0.2) is 6.17 Å². The Morgan fingerprint density at radius 3 is 2.17 bits per heavy atom. The van der Waals surface area contributed by atoms with Gasteiger partial charge in [0.1, 0.15) is 6.54 Å². The van der Waals surface area contributed by atoms with E-state index in [1.807, 2.05) is 0 Å². The van der Waals surface area contributed by atoms with E-state index in [1.54, 1.807) is 74.5 Å². The number of carboxylic acids is 1. The lowest BCUT2D eigenvalue weighted by Crippen LogP contribution is -2.58. The summed E-state index contributed by atoms with van der Waals surface area (Å²) in [7, 11) is 0. The van der Waals surface area contributed by atoms with E-state index >= 15 is 0 Å². The molecule has 29 heavy (non-hydrogen) atoms. The zero-order chi connectivity index (χ0) is 21.2. The van der Waals surface area contributed by atoms with Crippen molar-refractivity contribution in [2.45, 2.75) is 25.6 Å². The molecule has 0 spiro atoms. The third-order valence-corrected chi connectivity index (χ3v) is 4.80. The molecule has 1 unspecified atom stereocenters.